The first kappa shape index (κ1) is 16.0. The van der Waals surface area contributed by atoms with Gasteiger partial charge in [-0.25, -0.2) is 0 Å². The summed E-state index contributed by atoms with van der Waals surface area (Å²) >= 11 is 0. The quantitative estimate of drug-likeness (QED) is 0.758. The van der Waals surface area contributed by atoms with Gasteiger partial charge in [0.2, 0.25) is 0 Å². The van der Waals surface area contributed by atoms with Crippen LogP contribution in [0.5, 0.6) is 0 Å². The van der Waals surface area contributed by atoms with Crippen LogP contribution in [-0.4, -0.2) is 30.3 Å². The van der Waals surface area contributed by atoms with E-state index in [2.05, 4.69) is 62.2 Å². The third kappa shape index (κ3) is 4.51. The van der Waals surface area contributed by atoms with Crippen molar-refractivity contribution in [1.82, 2.24) is 5.32 Å². The number of aliphatic hydroxyl groups excluding tert-OH is 1. The maximum absolute atomic E-state index is 9.37. The number of hydrogen-bond donors (Lipinski definition) is 2. The lowest BCUT2D eigenvalue weighted by molar-refractivity contribution is 0.169. The highest BCUT2D eigenvalue weighted by atomic mass is 16.3. The van der Waals surface area contributed by atoms with Gasteiger partial charge in [-0.3, -0.25) is 0 Å². The summed E-state index contributed by atoms with van der Waals surface area (Å²) in [6.07, 6.45) is 0.918. The van der Waals surface area contributed by atoms with Crippen LogP contribution in [0.15, 0.2) is 24.3 Å². The Hall–Kier alpha value is -1.06. The zero-order chi connectivity index (χ0) is 14.3. The number of nitrogens with one attached hydrogen (secondary N) is 1. The number of benzene rings is 1. The van der Waals surface area contributed by atoms with Crippen LogP contribution >= 0.6 is 0 Å². The van der Waals surface area contributed by atoms with E-state index in [-0.39, 0.29) is 12.1 Å². The summed E-state index contributed by atoms with van der Waals surface area (Å²) in [5, 5.41) is 12.8. The van der Waals surface area contributed by atoms with Gasteiger partial charge in [-0.05, 0) is 44.9 Å². The Kier molecular flexibility index (Phi) is 6.32. The number of anilines is 1. The lowest BCUT2D eigenvalue weighted by atomic mass is 10.00. The fourth-order valence-electron chi connectivity index (χ4n) is 2.02. The first-order chi connectivity index (χ1) is 9.08. The minimum atomic E-state index is -0.183. The maximum atomic E-state index is 9.37. The number of rotatable bonds is 8. The van der Waals surface area contributed by atoms with E-state index in [1.54, 1.807) is 0 Å². The maximum Gasteiger partial charge on any atom is 0.0610 e. The van der Waals surface area contributed by atoms with Crippen molar-refractivity contribution in [2.45, 2.75) is 46.2 Å². The van der Waals surface area contributed by atoms with Gasteiger partial charge < -0.3 is 15.3 Å². The SMILES string of the molecule is CCN(CC)c1ccc(CNC(C)(CC)CO)cc1. The molecule has 19 heavy (non-hydrogen) atoms. The normalized spacial score (nSPS) is 14.2. The van der Waals surface area contributed by atoms with E-state index in [1.165, 1.54) is 11.3 Å². The first-order valence-corrected chi connectivity index (χ1v) is 7.28. The molecule has 0 heterocycles. The molecule has 0 bridgehead atoms. The van der Waals surface area contributed by atoms with E-state index in [1.807, 2.05) is 0 Å². The van der Waals surface area contributed by atoms with Crippen molar-refractivity contribution < 1.29 is 5.11 Å². The van der Waals surface area contributed by atoms with Crippen LogP contribution in [0.25, 0.3) is 0 Å². The molecule has 0 spiro atoms. The van der Waals surface area contributed by atoms with Gasteiger partial charge >= 0.3 is 0 Å². The molecule has 3 nitrogen and oxygen atoms in total. The summed E-state index contributed by atoms with van der Waals surface area (Å²) < 4.78 is 0. The second-order valence-corrected chi connectivity index (χ2v) is 5.26. The van der Waals surface area contributed by atoms with Crippen molar-refractivity contribution in [2.75, 3.05) is 24.6 Å². The van der Waals surface area contributed by atoms with Gasteiger partial charge in [-0.2, -0.15) is 0 Å². The highest BCUT2D eigenvalue weighted by molar-refractivity contribution is 5.47. The predicted molar refractivity (Wildman–Crippen MR) is 82.6 cm³/mol. The lowest BCUT2D eigenvalue weighted by Crippen LogP contribution is -2.44. The van der Waals surface area contributed by atoms with Crippen LogP contribution in [0.3, 0.4) is 0 Å². The van der Waals surface area contributed by atoms with E-state index in [4.69, 9.17) is 0 Å². The Morgan fingerprint density at radius 1 is 1.11 bits per heavy atom. The molecule has 0 aliphatic carbocycles. The molecule has 0 aromatic heterocycles. The van der Waals surface area contributed by atoms with Gasteiger partial charge in [0, 0.05) is 30.9 Å². The van der Waals surface area contributed by atoms with Crippen LogP contribution < -0.4 is 10.2 Å². The Labute approximate surface area is 117 Å². The summed E-state index contributed by atoms with van der Waals surface area (Å²) in [4.78, 5) is 2.33. The molecule has 108 valence electrons. The second kappa shape index (κ2) is 7.51. The summed E-state index contributed by atoms with van der Waals surface area (Å²) in [5.74, 6) is 0. The van der Waals surface area contributed by atoms with E-state index in [0.29, 0.717) is 0 Å². The molecular weight excluding hydrogens is 236 g/mol. The molecule has 1 rings (SSSR count). The molecular formula is C16H28N2O. The second-order valence-electron chi connectivity index (χ2n) is 5.26. The largest absolute Gasteiger partial charge is 0.394 e. The monoisotopic (exact) mass is 264 g/mol. The zero-order valence-electron chi connectivity index (χ0n) is 12.7. The highest BCUT2D eigenvalue weighted by Gasteiger charge is 2.19. The number of hydrogen-bond acceptors (Lipinski definition) is 3. The Balaban J connectivity index is 2.62. The third-order valence-electron chi connectivity index (χ3n) is 3.91. The van der Waals surface area contributed by atoms with Gasteiger partial charge in [-0.15, -0.1) is 0 Å². The standard InChI is InChI=1S/C16H28N2O/c1-5-16(4,13-19)17-12-14-8-10-15(11-9-14)18(6-2)7-3/h8-11,17,19H,5-7,12-13H2,1-4H3. The summed E-state index contributed by atoms with van der Waals surface area (Å²) in [6.45, 7) is 11.5. The van der Waals surface area contributed by atoms with Gasteiger partial charge in [0.05, 0.1) is 6.61 Å². The number of nitrogens with zero attached hydrogens (tertiary/aromatic N) is 1. The molecule has 1 unspecified atom stereocenters. The first-order valence-electron chi connectivity index (χ1n) is 7.28. The minimum Gasteiger partial charge on any atom is -0.394 e. The van der Waals surface area contributed by atoms with Gasteiger partial charge in [0.25, 0.3) is 0 Å². The smallest absolute Gasteiger partial charge is 0.0610 e. The molecule has 1 aromatic carbocycles. The molecule has 0 aliphatic heterocycles. The van der Waals surface area contributed by atoms with Gasteiger partial charge in [-0.1, -0.05) is 19.1 Å². The van der Waals surface area contributed by atoms with Crippen LogP contribution in [-0.2, 0) is 6.54 Å². The Bertz CT molecular complexity index is 354. The molecule has 2 N–H and O–H groups in total. The molecule has 0 radical (unpaired) electrons. The van der Waals surface area contributed by atoms with Crippen molar-refractivity contribution >= 4 is 5.69 Å². The molecule has 3 heteroatoms. The average Bonchev–Trinajstić information content (AvgIpc) is 2.47. The zero-order valence-corrected chi connectivity index (χ0v) is 12.7. The third-order valence-corrected chi connectivity index (χ3v) is 3.91. The lowest BCUT2D eigenvalue weighted by Gasteiger charge is -2.27. The minimum absolute atomic E-state index is 0.168. The summed E-state index contributed by atoms with van der Waals surface area (Å²) in [7, 11) is 0. The average molecular weight is 264 g/mol. The molecule has 0 saturated heterocycles. The van der Waals surface area contributed by atoms with Gasteiger partial charge in [0.15, 0.2) is 0 Å². The summed E-state index contributed by atoms with van der Waals surface area (Å²) in [6, 6.07) is 8.67. The van der Waals surface area contributed by atoms with Crippen molar-refractivity contribution in [2.24, 2.45) is 0 Å². The van der Waals surface area contributed by atoms with Crippen molar-refractivity contribution in [3.05, 3.63) is 29.8 Å². The molecule has 0 aliphatic rings. The van der Waals surface area contributed by atoms with Crippen molar-refractivity contribution in [3.8, 4) is 0 Å². The topological polar surface area (TPSA) is 35.5 Å². The molecule has 0 amide bonds. The fourth-order valence-corrected chi connectivity index (χ4v) is 2.02. The Morgan fingerprint density at radius 3 is 2.11 bits per heavy atom. The van der Waals surface area contributed by atoms with Crippen LogP contribution in [0.4, 0.5) is 5.69 Å². The van der Waals surface area contributed by atoms with Crippen LogP contribution in [0.2, 0.25) is 0 Å². The van der Waals surface area contributed by atoms with Crippen LogP contribution in [0.1, 0.15) is 39.7 Å². The van der Waals surface area contributed by atoms with Crippen LogP contribution in [0, 0.1) is 0 Å². The van der Waals surface area contributed by atoms with E-state index >= 15 is 0 Å². The molecule has 1 atom stereocenters. The number of aliphatic hydroxyl groups is 1. The van der Waals surface area contributed by atoms with Crippen molar-refractivity contribution in [3.63, 3.8) is 0 Å². The predicted octanol–water partition coefficient (Wildman–Crippen LogP) is 2.78. The van der Waals surface area contributed by atoms with E-state index in [9.17, 15) is 5.11 Å². The molecule has 1 aromatic rings. The Morgan fingerprint density at radius 2 is 1.68 bits per heavy atom. The molecule has 0 saturated carbocycles. The van der Waals surface area contributed by atoms with E-state index < -0.39 is 0 Å². The van der Waals surface area contributed by atoms with Gasteiger partial charge in [0.1, 0.15) is 0 Å². The highest BCUT2D eigenvalue weighted by Crippen LogP contribution is 2.16. The van der Waals surface area contributed by atoms with E-state index in [0.717, 1.165) is 26.1 Å². The van der Waals surface area contributed by atoms with Crippen molar-refractivity contribution in [1.29, 1.82) is 0 Å². The fraction of sp³-hybridized carbons (Fsp3) is 0.625. The summed E-state index contributed by atoms with van der Waals surface area (Å²) in [5.41, 5.74) is 2.34. The molecule has 0 fully saturated rings.